The van der Waals surface area contributed by atoms with E-state index in [2.05, 4.69) is 25.7 Å². The fourth-order valence-electron chi connectivity index (χ4n) is 4.58. The predicted octanol–water partition coefficient (Wildman–Crippen LogP) is 4.55. The number of amides is 2. The summed E-state index contributed by atoms with van der Waals surface area (Å²) >= 11 is 0. The number of anilines is 1. The van der Waals surface area contributed by atoms with Gasteiger partial charge in [0.25, 0.3) is 5.91 Å². The number of carbonyl (C=O) groups excluding carboxylic acids is 2. The molecule has 5 aromatic rings. The zero-order valence-corrected chi connectivity index (χ0v) is 21.8. The maximum atomic E-state index is 12.9. The van der Waals surface area contributed by atoms with Gasteiger partial charge >= 0.3 is 6.09 Å². The lowest BCUT2D eigenvalue weighted by Gasteiger charge is -2.16. The molecule has 0 spiro atoms. The van der Waals surface area contributed by atoms with Crippen LogP contribution in [0.25, 0.3) is 16.4 Å². The molecule has 10 heteroatoms. The van der Waals surface area contributed by atoms with Crippen LogP contribution in [0.15, 0.2) is 55.2 Å². The Morgan fingerprint density at radius 1 is 1.05 bits per heavy atom. The molecule has 0 aliphatic carbocycles. The van der Waals surface area contributed by atoms with Crippen LogP contribution in [0, 0.1) is 20.8 Å². The SMILES string of the molecule is CCOC(=O)Nc1nccc2c(C)c(CNC(=O)c3cnn(Cc4cn5cc(C)ccc5n4)c3)c(C)cc12. The summed E-state index contributed by atoms with van der Waals surface area (Å²) in [5.74, 6) is 0.232. The van der Waals surface area contributed by atoms with Crippen molar-refractivity contribution in [3.63, 3.8) is 0 Å². The molecule has 0 unspecified atom stereocenters. The number of imidazole rings is 1. The average molecular weight is 512 g/mol. The largest absolute Gasteiger partial charge is 0.450 e. The van der Waals surface area contributed by atoms with Gasteiger partial charge in [-0.3, -0.25) is 14.8 Å². The van der Waals surface area contributed by atoms with Crippen molar-refractivity contribution in [3.8, 4) is 0 Å². The van der Waals surface area contributed by atoms with E-state index in [0.717, 1.165) is 44.4 Å². The molecule has 1 aromatic carbocycles. The first-order valence-electron chi connectivity index (χ1n) is 12.4. The Morgan fingerprint density at radius 3 is 2.71 bits per heavy atom. The molecule has 0 aliphatic rings. The average Bonchev–Trinajstić information content (AvgIpc) is 3.51. The summed E-state index contributed by atoms with van der Waals surface area (Å²) in [7, 11) is 0. The molecule has 38 heavy (non-hydrogen) atoms. The Morgan fingerprint density at radius 2 is 1.89 bits per heavy atom. The zero-order valence-electron chi connectivity index (χ0n) is 21.8. The first-order chi connectivity index (χ1) is 18.3. The molecule has 0 saturated carbocycles. The van der Waals surface area contributed by atoms with Crippen LogP contribution in [0.4, 0.5) is 10.6 Å². The number of fused-ring (bicyclic) bond motifs is 2. The molecule has 4 heterocycles. The van der Waals surface area contributed by atoms with E-state index < -0.39 is 6.09 Å². The van der Waals surface area contributed by atoms with Crippen molar-refractivity contribution in [3.05, 3.63) is 88.8 Å². The van der Waals surface area contributed by atoms with Crippen molar-refractivity contribution in [1.29, 1.82) is 0 Å². The highest BCUT2D eigenvalue weighted by Crippen LogP contribution is 2.29. The second-order valence-electron chi connectivity index (χ2n) is 9.21. The predicted molar refractivity (Wildman–Crippen MR) is 144 cm³/mol. The molecule has 10 nitrogen and oxygen atoms in total. The van der Waals surface area contributed by atoms with Gasteiger partial charge in [0, 0.05) is 36.7 Å². The summed E-state index contributed by atoms with van der Waals surface area (Å²) in [6.07, 6.45) is 8.39. The van der Waals surface area contributed by atoms with Crippen molar-refractivity contribution in [2.24, 2.45) is 0 Å². The molecule has 0 aliphatic heterocycles. The number of nitrogens with one attached hydrogen (secondary N) is 2. The van der Waals surface area contributed by atoms with Crippen molar-refractivity contribution in [2.45, 2.75) is 40.8 Å². The van der Waals surface area contributed by atoms with Gasteiger partial charge in [0.15, 0.2) is 0 Å². The summed E-state index contributed by atoms with van der Waals surface area (Å²) in [5.41, 5.74) is 6.36. The highest BCUT2D eigenvalue weighted by Gasteiger charge is 2.15. The number of aryl methyl sites for hydroxylation is 3. The van der Waals surface area contributed by atoms with E-state index in [1.165, 1.54) is 0 Å². The second-order valence-corrected chi connectivity index (χ2v) is 9.21. The van der Waals surface area contributed by atoms with Crippen LogP contribution < -0.4 is 10.6 Å². The topological polar surface area (TPSA) is 115 Å². The van der Waals surface area contributed by atoms with E-state index in [4.69, 9.17) is 4.74 Å². The van der Waals surface area contributed by atoms with E-state index in [9.17, 15) is 9.59 Å². The fraction of sp³-hybridized carbons (Fsp3) is 0.250. The van der Waals surface area contributed by atoms with Crippen LogP contribution in [0.3, 0.4) is 0 Å². The molecule has 194 valence electrons. The van der Waals surface area contributed by atoms with Crippen LogP contribution in [0.2, 0.25) is 0 Å². The van der Waals surface area contributed by atoms with Crippen LogP contribution >= 0.6 is 0 Å². The number of hydrogen-bond acceptors (Lipinski definition) is 6. The van der Waals surface area contributed by atoms with E-state index in [1.807, 2.05) is 61.8 Å². The van der Waals surface area contributed by atoms with Crippen LogP contribution in [-0.4, -0.2) is 42.8 Å². The molecule has 2 N–H and O–H groups in total. The van der Waals surface area contributed by atoms with Crippen LogP contribution in [0.1, 0.15) is 45.2 Å². The molecule has 2 amide bonds. The van der Waals surface area contributed by atoms with Gasteiger partial charge in [0.05, 0.1) is 30.6 Å². The summed E-state index contributed by atoms with van der Waals surface area (Å²) in [6.45, 7) is 8.86. The minimum absolute atomic E-state index is 0.208. The lowest BCUT2D eigenvalue weighted by atomic mass is 9.96. The third-order valence-corrected chi connectivity index (χ3v) is 6.47. The maximum absolute atomic E-state index is 12.9. The molecule has 4 aromatic heterocycles. The first-order valence-corrected chi connectivity index (χ1v) is 12.4. The monoisotopic (exact) mass is 511 g/mol. The number of aromatic nitrogens is 5. The molecule has 0 fully saturated rings. The quantitative estimate of drug-likeness (QED) is 0.331. The Bertz CT molecular complexity index is 1670. The lowest BCUT2D eigenvalue weighted by molar-refractivity contribution is 0.0950. The van der Waals surface area contributed by atoms with Gasteiger partial charge in [0.1, 0.15) is 11.5 Å². The van der Waals surface area contributed by atoms with Crippen LogP contribution in [-0.2, 0) is 17.8 Å². The fourth-order valence-corrected chi connectivity index (χ4v) is 4.58. The van der Waals surface area contributed by atoms with Gasteiger partial charge in [-0.15, -0.1) is 0 Å². The van der Waals surface area contributed by atoms with Gasteiger partial charge in [-0.2, -0.15) is 5.10 Å². The number of benzene rings is 1. The summed E-state index contributed by atoms with van der Waals surface area (Å²) in [5, 5.41) is 11.8. The van der Waals surface area contributed by atoms with Gasteiger partial charge in [-0.25, -0.2) is 14.8 Å². The van der Waals surface area contributed by atoms with E-state index in [0.29, 0.717) is 24.5 Å². The molecule has 0 bridgehead atoms. The third-order valence-electron chi connectivity index (χ3n) is 6.47. The van der Waals surface area contributed by atoms with Gasteiger partial charge in [-0.1, -0.05) is 6.07 Å². The van der Waals surface area contributed by atoms with Crippen molar-refractivity contribution >= 4 is 34.2 Å². The number of pyridine rings is 2. The van der Waals surface area contributed by atoms with Crippen molar-refractivity contribution in [1.82, 2.24) is 29.5 Å². The Hall–Kier alpha value is -4.73. The van der Waals surface area contributed by atoms with Crippen molar-refractivity contribution < 1.29 is 14.3 Å². The van der Waals surface area contributed by atoms with Gasteiger partial charge in [-0.05, 0) is 73.5 Å². The standard InChI is InChI=1S/C28H29N7O3/c1-5-38-28(37)33-26-23-10-18(3)24(19(4)22(23)8-9-29-26)12-30-27(36)20-11-31-35(14-20)16-21-15-34-13-17(2)6-7-25(34)32-21/h6-11,13-15H,5,12,16H2,1-4H3,(H,30,36)(H,29,33,37). The molecular weight excluding hydrogens is 482 g/mol. The minimum atomic E-state index is -0.545. The van der Waals surface area contributed by atoms with Gasteiger partial charge < -0.3 is 14.5 Å². The summed E-state index contributed by atoms with van der Waals surface area (Å²) in [6, 6.07) is 7.87. The molecule has 0 atom stereocenters. The number of hydrogen-bond donors (Lipinski definition) is 2. The van der Waals surface area contributed by atoms with E-state index in [-0.39, 0.29) is 12.5 Å². The number of nitrogens with zero attached hydrogens (tertiary/aromatic N) is 5. The van der Waals surface area contributed by atoms with Crippen molar-refractivity contribution in [2.75, 3.05) is 11.9 Å². The van der Waals surface area contributed by atoms with E-state index >= 15 is 0 Å². The molecule has 0 radical (unpaired) electrons. The van der Waals surface area contributed by atoms with E-state index in [1.54, 1.807) is 30.2 Å². The van der Waals surface area contributed by atoms with Crippen LogP contribution in [0.5, 0.6) is 0 Å². The summed E-state index contributed by atoms with van der Waals surface area (Å²) in [4.78, 5) is 33.8. The Balaban J connectivity index is 1.29. The third kappa shape index (κ3) is 5.06. The normalized spacial score (nSPS) is 11.2. The number of rotatable bonds is 7. The first kappa shape index (κ1) is 24.9. The highest BCUT2D eigenvalue weighted by atomic mass is 16.5. The molecule has 5 rings (SSSR count). The molecule has 0 saturated heterocycles. The summed E-state index contributed by atoms with van der Waals surface area (Å²) < 4.78 is 8.69. The smallest absolute Gasteiger partial charge is 0.412 e. The Kier molecular flexibility index (Phi) is 6.78. The molecular formula is C28H29N7O3. The second kappa shape index (κ2) is 10.3. The Labute approximate surface area is 219 Å². The maximum Gasteiger partial charge on any atom is 0.412 e. The van der Waals surface area contributed by atoms with Gasteiger partial charge in [0.2, 0.25) is 0 Å². The number of carbonyl (C=O) groups is 2. The minimum Gasteiger partial charge on any atom is -0.450 e. The zero-order chi connectivity index (χ0) is 26.8. The number of ether oxygens (including phenoxy) is 1. The lowest BCUT2D eigenvalue weighted by Crippen LogP contribution is -2.23. The highest BCUT2D eigenvalue weighted by molar-refractivity contribution is 6.00.